The Labute approximate surface area is 110 Å². The SMILES string of the molecule is O=C1CN(c2ccc(N3CCOCC3)cc2)C(=O)N1. The number of anilines is 2. The lowest BCUT2D eigenvalue weighted by Gasteiger charge is -2.29. The Hall–Kier alpha value is -2.08. The van der Waals surface area contributed by atoms with Crippen LogP contribution >= 0.6 is 0 Å². The smallest absolute Gasteiger partial charge is 0.329 e. The Morgan fingerprint density at radius 2 is 1.63 bits per heavy atom. The fourth-order valence-corrected chi connectivity index (χ4v) is 2.32. The minimum atomic E-state index is -0.357. The predicted molar refractivity (Wildman–Crippen MR) is 70.4 cm³/mol. The highest BCUT2D eigenvalue weighted by atomic mass is 16.5. The summed E-state index contributed by atoms with van der Waals surface area (Å²) in [4.78, 5) is 26.4. The van der Waals surface area contributed by atoms with E-state index >= 15 is 0 Å². The van der Waals surface area contributed by atoms with Gasteiger partial charge < -0.3 is 9.64 Å². The zero-order valence-corrected chi connectivity index (χ0v) is 10.5. The Morgan fingerprint density at radius 3 is 2.21 bits per heavy atom. The van der Waals surface area contributed by atoms with Gasteiger partial charge in [-0.25, -0.2) is 4.79 Å². The molecule has 19 heavy (non-hydrogen) atoms. The summed E-state index contributed by atoms with van der Waals surface area (Å²) in [6.07, 6.45) is 0. The van der Waals surface area contributed by atoms with Gasteiger partial charge in [0, 0.05) is 24.5 Å². The van der Waals surface area contributed by atoms with Crippen molar-refractivity contribution < 1.29 is 14.3 Å². The van der Waals surface area contributed by atoms with Gasteiger partial charge in [-0.1, -0.05) is 0 Å². The van der Waals surface area contributed by atoms with Crippen LogP contribution in [0.2, 0.25) is 0 Å². The number of hydrogen-bond acceptors (Lipinski definition) is 4. The second-order valence-electron chi connectivity index (χ2n) is 4.56. The number of imide groups is 1. The van der Waals surface area contributed by atoms with Gasteiger partial charge in [0.2, 0.25) is 5.91 Å². The van der Waals surface area contributed by atoms with E-state index in [2.05, 4.69) is 10.2 Å². The molecule has 0 atom stereocenters. The molecule has 1 aromatic rings. The molecule has 3 rings (SSSR count). The molecule has 0 radical (unpaired) electrons. The summed E-state index contributed by atoms with van der Waals surface area (Å²) in [5.41, 5.74) is 1.85. The Balaban J connectivity index is 1.75. The Kier molecular flexibility index (Phi) is 3.08. The molecular formula is C13H15N3O3. The largest absolute Gasteiger partial charge is 0.378 e. The number of benzene rings is 1. The number of hydrogen-bond donors (Lipinski definition) is 1. The molecule has 1 aromatic carbocycles. The van der Waals surface area contributed by atoms with Crippen LogP contribution in [0.5, 0.6) is 0 Å². The standard InChI is InChI=1S/C13H15N3O3/c17-12-9-16(13(18)14-12)11-3-1-10(2-4-11)15-5-7-19-8-6-15/h1-4H,5-9H2,(H,14,17,18). The van der Waals surface area contributed by atoms with Crippen LogP contribution in [0.15, 0.2) is 24.3 Å². The van der Waals surface area contributed by atoms with Crippen LogP contribution < -0.4 is 15.1 Å². The molecule has 2 fully saturated rings. The fraction of sp³-hybridized carbons (Fsp3) is 0.385. The molecular weight excluding hydrogens is 246 g/mol. The van der Waals surface area contributed by atoms with Crippen LogP contribution in [0.4, 0.5) is 16.2 Å². The Morgan fingerprint density at radius 1 is 1.00 bits per heavy atom. The van der Waals surface area contributed by atoms with Crippen LogP contribution in [-0.2, 0) is 9.53 Å². The molecule has 0 aromatic heterocycles. The summed E-state index contributed by atoms with van der Waals surface area (Å²) < 4.78 is 5.31. The molecule has 2 aliphatic heterocycles. The summed E-state index contributed by atoms with van der Waals surface area (Å²) in [5, 5.41) is 2.26. The number of carbonyl (C=O) groups excluding carboxylic acids is 2. The zero-order valence-electron chi connectivity index (χ0n) is 10.5. The third kappa shape index (κ3) is 2.39. The summed E-state index contributed by atoms with van der Waals surface area (Å²) in [6, 6.07) is 7.31. The van der Waals surface area contributed by atoms with Crippen molar-refractivity contribution in [1.82, 2.24) is 5.32 Å². The number of morpholine rings is 1. The second kappa shape index (κ2) is 4.89. The molecule has 0 spiro atoms. The molecule has 6 heteroatoms. The van der Waals surface area contributed by atoms with Crippen molar-refractivity contribution in [1.29, 1.82) is 0 Å². The van der Waals surface area contributed by atoms with E-state index in [0.29, 0.717) is 0 Å². The number of rotatable bonds is 2. The minimum absolute atomic E-state index is 0.0930. The van der Waals surface area contributed by atoms with Crippen molar-refractivity contribution in [3.05, 3.63) is 24.3 Å². The van der Waals surface area contributed by atoms with Crippen molar-refractivity contribution in [3.63, 3.8) is 0 Å². The van der Waals surface area contributed by atoms with E-state index in [0.717, 1.165) is 37.7 Å². The van der Waals surface area contributed by atoms with Crippen LogP contribution in [0.25, 0.3) is 0 Å². The molecule has 1 N–H and O–H groups in total. The van der Waals surface area contributed by atoms with Gasteiger partial charge in [0.25, 0.3) is 0 Å². The molecule has 3 amide bonds. The molecule has 2 aliphatic rings. The average Bonchev–Trinajstić information content (AvgIpc) is 2.79. The molecule has 0 saturated carbocycles. The fourth-order valence-electron chi connectivity index (χ4n) is 2.32. The maximum absolute atomic E-state index is 11.5. The Bertz CT molecular complexity index is 494. The molecule has 2 saturated heterocycles. The molecule has 6 nitrogen and oxygen atoms in total. The van der Waals surface area contributed by atoms with Gasteiger partial charge in [0.15, 0.2) is 0 Å². The normalized spacial score (nSPS) is 19.8. The van der Waals surface area contributed by atoms with Gasteiger partial charge in [-0.15, -0.1) is 0 Å². The van der Waals surface area contributed by atoms with Crippen LogP contribution in [0, 0.1) is 0 Å². The van der Waals surface area contributed by atoms with Crippen molar-refractivity contribution in [2.75, 3.05) is 42.6 Å². The van der Waals surface area contributed by atoms with E-state index in [1.54, 1.807) is 0 Å². The van der Waals surface area contributed by atoms with Gasteiger partial charge in [0.1, 0.15) is 6.54 Å². The topological polar surface area (TPSA) is 61.9 Å². The molecule has 100 valence electrons. The third-order valence-electron chi connectivity index (χ3n) is 3.33. The summed E-state index contributed by atoms with van der Waals surface area (Å²) in [6.45, 7) is 3.33. The van der Waals surface area contributed by atoms with Crippen LogP contribution in [0.1, 0.15) is 0 Å². The molecule has 0 aliphatic carbocycles. The first-order valence-electron chi connectivity index (χ1n) is 6.28. The minimum Gasteiger partial charge on any atom is -0.378 e. The highest BCUT2D eigenvalue weighted by molar-refractivity contribution is 6.12. The van der Waals surface area contributed by atoms with E-state index < -0.39 is 0 Å². The first-order valence-corrected chi connectivity index (χ1v) is 6.28. The first kappa shape index (κ1) is 12.0. The highest BCUT2D eigenvalue weighted by Crippen LogP contribution is 2.22. The van der Waals surface area contributed by atoms with E-state index in [1.165, 1.54) is 4.90 Å². The predicted octanol–water partition coefficient (Wildman–Crippen LogP) is 0.579. The van der Waals surface area contributed by atoms with E-state index in [-0.39, 0.29) is 18.5 Å². The number of nitrogens with one attached hydrogen (secondary N) is 1. The van der Waals surface area contributed by atoms with Crippen LogP contribution in [0.3, 0.4) is 0 Å². The third-order valence-corrected chi connectivity index (χ3v) is 3.33. The van der Waals surface area contributed by atoms with E-state index in [4.69, 9.17) is 4.74 Å². The maximum atomic E-state index is 11.5. The summed E-state index contributed by atoms with van der Waals surface area (Å²) >= 11 is 0. The molecule has 0 bridgehead atoms. The van der Waals surface area contributed by atoms with Gasteiger partial charge in [-0.2, -0.15) is 0 Å². The lowest BCUT2D eigenvalue weighted by atomic mass is 10.2. The molecule has 0 unspecified atom stereocenters. The quantitative estimate of drug-likeness (QED) is 0.791. The number of ether oxygens (including phenoxy) is 1. The first-order chi connectivity index (χ1) is 9.24. The van der Waals surface area contributed by atoms with Crippen molar-refractivity contribution in [2.45, 2.75) is 0 Å². The lowest BCUT2D eigenvalue weighted by Crippen LogP contribution is -2.36. The highest BCUT2D eigenvalue weighted by Gasteiger charge is 2.27. The monoisotopic (exact) mass is 261 g/mol. The van der Waals surface area contributed by atoms with Gasteiger partial charge >= 0.3 is 6.03 Å². The number of nitrogens with zero attached hydrogens (tertiary/aromatic N) is 2. The maximum Gasteiger partial charge on any atom is 0.329 e. The summed E-state index contributed by atoms with van der Waals surface area (Å²) in [7, 11) is 0. The van der Waals surface area contributed by atoms with Crippen LogP contribution in [-0.4, -0.2) is 44.8 Å². The van der Waals surface area contributed by atoms with Gasteiger partial charge in [-0.05, 0) is 24.3 Å². The van der Waals surface area contributed by atoms with Crippen molar-refractivity contribution in [2.24, 2.45) is 0 Å². The summed E-state index contributed by atoms with van der Waals surface area (Å²) in [5.74, 6) is -0.262. The van der Waals surface area contributed by atoms with E-state index in [1.807, 2.05) is 24.3 Å². The van der Waals surface area contributed by atoms with Gasteiger partial charge in [0.05, 0.1) is 13.2 Å². The average molecular weight is 261 g/mol. The molecule has 2 heterocycles. The van der Waals surface area contributed by atoms with E-state index in [9.17, 15) is 9.59 Å². The van der Waals surface area contributed by atoms with Crippen molar-refractivity contribution >= 4 is 23.3 Å². The zero-order chi connectivity index (χ0) is 13.2. The van der Waals surface area contributed by atoms with Gasteiger partial charge in [-0.3, -0.25) is 15.0 Å². The lowest BCUT2D eigenvalue weighted by molar-refractivity contribution is -0.117. The second-order valence-corrected chi connectivity index (χ2v) is 4.56. The van der Waals surface area contributed by atoms with Crippen molar-refractivity contribution in [3.8, 4) is 0 Å². The number of carbonyl (C=O) groups is 2. The number of amides is 3. The number of urea groups is 1.